The summed E-state index contributed by atoms with van der Waals surface area (Å²) in [7, 11) is -0.437. The summed E-state index contributed by atoms with van der Waals surface area (Å²) in [6, 6.07) is 3.33. The smallest absolute Gasteiger partial charge is 0.244 e. The van der Waals surface area contributed by atoms with Crippen molar-refractivity contribution in [1.82, 2.24) is 9.29 Å². The maximum Gasteiger partial charge on any atom is 0.244 e. The lowest BCUT2D eigenvalue weighted by atomic mass is 10.2. The molecule has 0 bridgehead atoms. The van der Waals surface area contributed by atoms with Crippen molar-refractivity contribution in [3.05, 3.63) is 18.3 Å². The predicted octanol–water partition coefficient (Wildman–Crippen LogP) is 0.481. The van der Waals surface area contributed by atoms with E-state index in [2.05, 4.69) is 10.3 Å². The van der Waals surface area contributed by atoms with Crippen LogP contribution in [0.4, 0.5) is 5.82 Å². The van der Waals surface area contributed by atoms with Gasteiger partial charge in [-0.3, -0.25) is 0 Å². The quantitative estimate of drug-likeness (QED) is 0.786. The molecular formula is C11H20N4O2S. The summed E-state index contributed by atoms with van der Waals surface area (Å²) in [6.45, 7) is 2.53. The Morgan fingerprint density at radius 1 is 1.44 bits per heavy atom. The molecule has 1 aromatic heterocycles. The Kier molecular flexibility index (Phi) is 5.06. The third-order valence-electron chi connectivity index (χ3n) is 2.64. The number of aromatic nitrogens is 1. The summed E-state index contributed by atoms with van der Waals surface area (Å²) in [5.41, 5.74) is 5.58. The Bertz CT molecular complexity index is 466. The second kappa shape index (κ2) is 6.12. The van der Waals surface area contributed by atoms with E-state index < -0.39 is 10.0 Å². The summed E-state index contributed by atoms with van der Waals surface area (Å²) >= 11 is 0. The average Bonchev–Trinajstić information content (AvgIpc) is 2.36. The van der Waals surface area contributed by atoms with E-state index in [1.54, 1.807) is 6.07 Å². The van der Waals surface area contributed by atoms with Crippen LogP contribution in [0.1, 0.15) is 13.3 Å². The molecule has 0 spiro atoms. The maximum absolute atomic E-state index is 11.8. The molecule has 0 saturated carbocycles. The van der Waals surface area contributed by atoms with Crippen molar-refractivity contribution >= 4 is 15.8 Å². The van der Waals surface area contributed by atoms with Crippen LogP contribution in [0, 0.1) is 0 Å². The highest BCUT2D eigenvalue weighted by Crippen LogP contribution is 2.14. The minimum absolute atomic E-state index is 0.147. The van der Waals surface area contributed by atoms with Crippen LogP contribution in [0.2, 0.25) is 0 Å². The molecule has 0 amide bonds. The van der Waals surface area contributed by atoms with Crippen LogP contribution in [0.15, 0.2) is 23.2 Å². The molecule has 0 aliphatic carbocycles. The van der Waals surface area contributed by atoms with Gasteiger partial charge in [-0.2, -0.15) is 0 Å². The topological polar surface area (TPSA) is 88.3 Å². The van der Waals surface area contributed by atoms with Gasteiger partial charge in [-0.15, -0.1) is 0 Å². The normalized spacial score (nSPS) is 13.6. The number of sulfonamides is 1. The maximum atomic E-state index is 11.8. The molecule has 1 heterocycles. The highest BCUT2D eigenvalue weighted by Gasteiger charge is 2.17. The Labute approximate surface area is 108 Å². The molecule has 7 heteroatoms. The molecule has 0 aliphatic heterocycles. The van der Waals surface area contributed by atoms with Gasteiger partial charge in [-0.25, -0.2) is 17.7 Å². The van der Waals surface area contributed by atoms with Crippen molar-refractivity contribution in [3.8, 4) is 0 Å². The second-order valence-corrected chi connectivity index (χ2v) is 6.30. The van der Waals surface area contributed by atoms with Gasteiger partial charge in [0, 0.05) is 32.9 Å². The van der Waals surface area contributed by atoms with Gasteiger partial charge < -0.3 is 11.1 Å². The SMILES string of the molecule is CCC(CN)Nc1ccc(S(=O)(=O)N(C)C)cn1. The zero-order chi connectivity index (χ0) is 13.8. The summed E-state index contributed by atoms with van der Waals surface area (Å²) in [5.74, 6) is 0.630. The van der Waals surface area contributed by atoms with Crippen molar-refractivity contribution in [1.29, 1.82) is 0 Å². The molecule has 0 aromatic carbocycles. The molecule has 3 N–H and O–H groups in total. The summed E-state index contributed by atoms with van der Waals surface area (Å²) in [4.78, 5) is 4.27. The number of rotatable bonds is 6. The van der Waals surface area contributed by atoms with Crippen LogP contribution in [-0.4, -0.2) is 44.4 Å². The Morgan fingerprint density at radius 2 is 2.11 bits per heavy atom. The Balaban J connectivity index is 2.87. The summed E-state index contributed by atoms with van der Waals surface area (Å²) < 4.78 is 24.8. The molecule has 0 radical (unpaired) electrons. The number of pyridine rings is 1. The lowest BCUT2D eigenvalue weighted by Crippen LogP contribution is -2.28. The largest absolute Gasteiger partial charge is 0.366 e. The fourth-order valence-electron chi connectivity index (χ4n) is 1.37. The predicted molar refractivity (Wildman–Crippen MR) is 71.9 cm³/mol. The molecule has 0 saturated heterocycles. The molecule has 1 unspecified atom stereocenters. The van der Waals surface area contributed by atoms with Gasteiger partial charge >= 0.3 is 0 Å². The van der Waals surface area contributed by atoms with Crippen LogP contribution in [-0.2, 0) is 10.0 Å². The van der Waals surface area contributed by atoms with Gasteiger partial charge in [-0.05, 0) is 18.6 Å². The van der Waals surface area contributed by atoms with Crippen molar-refractivity contribution in [3.63, 3.8) is 0 Å². The Morgan fingerprint density at radius 3 is 2.50 bits per heavy atom. The summed E-state index contributed by atoms with van der Waals surface area (Å²) in [6.07, 6.45) is 2.23. The zero-order valence-corrected chi connectivity index (χ0v) is 11.7. The lowest BCUT2D eigenvalue weighted by Gasteiger charge is -2.16. The van der Waals surface area contributed by atoms with Crippen molar-refractivity contribution in [2.45, 2.75) is 24.3 Å². The molecule has 6 nitrogen and oxygen atoms in total. The first-order valence-electron chi connectivity index (χ1n) is 5.77. The first kappa shape index (κ1) is 14.9. The number of anilines is 1. The fraction of sp³-hybridized carbons (Fsp3) is 0.545. The third kappa shape index (κ3) is 3.41. The number of nitrogens with two attached hydrogens (primary N) is 1. The number of nitrogens with zero attached hydrogens (tertiary/aromatic N) is 2. The van der Waals surface area contributed by atoms with Crippen molar-refractivity contribution in [2.75, 3.05) is 26.0 Å². The second-order valence-electron chi connectivity index (χ2n) is 4.15. The van der Waals surface area contributed by atoms with Gasteiger partial charge in [0.25, 0.3) is 0 Å². The highest BCUT2D eigenvalue weighted by molar-refractivity contribution is 7.89. The fourth-order valence-corrected chi connectivity index (χ4v) is 2.21. The Hall–Kier alpha value is -1.18. The molecule has 0 aliphatic rings. The first-order valence-corrected chi connectivity index (χ1v) is 7.21. The molecule has 1 rings (SSSR count). The molecule has 0 fully saturated rings. The molecule has 18 heavy (non-hydrogen) atoms. The minimum Gasteiger partial charge on any atom is -0.366 e. The monoisotopic (exact) mass is 272 g/mol. The van der Waals surface area contributed by atoms with Gasteiger partial charge in [0.1, 0.15) is 10.7 Å². The van der Waals surface area contributed by atoms with E-state index in [-0.39, 0.29) is 10.9 Å². The minimum atomic E-state index is -3.41. The summed E-state index contributed by atoms with van der Waals surface area (Å²) in [5, 5.41) is 3.14. The first-order chi connectivity index (χ1) is 8.41. The van der Waals surface area contributed by atoms with Crippen LogP contribution in [0.3, 0.4) is 0 Å². The van der Waals surface area contributed by atoms with Crippen molar-refractivity contribution < 1.29 is 8.42 Å². The lowest BCUT2D eigenvalue weighted by molar-refractivity contribution is 0.520. The molecular weight excluding hydrogens is 252 g/mol. The van der Waals surface area contributed by atoms with Crippen molar-refractivity contribution in [2.24, 2.45) is 5.73 Å². The molecule has 102 valence electrons. The van der Waals surface area contributed by atoms with E-state index in [0.717, 1.165) is 10.7 Å². The van der Waals surface area contributed by atoms with Gasteiger partial charge in [0.2, 0.25) is 10.0 Å². The molecule has 1 atom stereocenters. The number of hydrogen-bond donors (Lipinski definition) is 2. The van der Waals surface area contributed by atoms with E-state index in [0.29, 0.717) is 12.4 Å². The van der Waals surface area contributed by atoms with E-state index in [9.17, 15) is 8.42 Å². The molecule has 1 aromatic rings. The third-order valence-corrected chi connectivity index (χ3v) is 4.44. The van der Waals surface area contributed by atoms with Crippen LogP contribution >= 0.6 is 0 Å². The van der Waals surface area contributed by atoms with E-state index in [1.165, 1.54) is 26.4 Å². The highest BCUT2D eigenvalue weighted by atomic mass is 32.2. The average molecular weight is 272 g/mol. The van der Waals surface area contributed by atoms with Crippen LogP contribution in [0.5, 0.6) is 0 Å². The van der Waals surface area contributed by atoms with Gasteiger partial charge in [-0.1, -0.05) is 6.92 Å². The van der Waals surface area contributed by atoms with E-state index >= 15 is 0 Å². The number of nitrogens with one attached hydrogen (secondary N) is 1. The van der Waals surface area contributed by atoms with E-state index in [1.807, 2.05) is 6.92 Å². The van der Waals surface area contributed by atoms with Gasteiger partial charge in [0.15, 0.2) is 0 Å². The van der Waals surface area contributed by atoms with Gasteiger partial charge in [0.05, 0.1) is 0 Å². The standard InChI is InChI=1S/C11H20N4O2S/c1-4-9(7-12)14-11-6-5-10(8-13-11)18(16,17)15(2)3/h5-6,8-9H,4,7,12H2,1-3H3,(H,13,14). The van der Waals surface area contributed by atoms with Crippen LogP contribution < -0.4 is 11.1 Å². The van der Waals surface area contributed by atoms with Crippen LogP contribution in [0.25, 0.3) is 0 Å². The van der Waals surface area contributed by atoms with E-state index in [4.69, 9.17) is 5.73 Å². The zero-order valence-electron chi connectivity index (χ0n) is 10.9. The number of hydrogen-bond acceptors (Lipinski definition) is 5.